The molecule has 3 nitrogen and oxygen atoms in total. The molecule has 1 N–H and O–H groups in total. The largest absolute Gasteiger partial charge is 0.497 e. The van der Waals surface area contributed by atoms with Crippen molar-refractivity contribution in [3.8, 4) is 5.75 Å². The van der Waals surface area contributed by atoms with Crippen molar-refractivity contribution in [3.05, 3.63) is 60.2 Å². The van der Waals surface area contributed by atoms with E-state index in [-0.39, 0.29) is 17.7 Å². The summed E-state index contributed by atoms with van der Waals surface area (Å²) in [6, 6.07) is 14.8. The van der Waals surface area contributed by atoms with Crippen LogP contribution in [0.2, 0.25) is 0 Å². The summed E-state index contributed by atoms with van der Waals surface area (Å²) < 4.78 is 56.6. The van der Waals surface area contributed by atoms with Gasteiger partial charge in [0.1, 0.15) is 5.75 Å². The molecule has 0 saturated heterocycles. The first kappa shape index (κ1) is 19.5. The predicted molar refractivity (Wildman–Crippen MR) is 90.0 cm³/mol. The maximum absolute atomic E-state index is 13.0. The molecule has 0 aliphatic carbocycles. The number of hydrogen-bond donors (Lipinski definition) is 1. The van der Waals surface area contributed by atoms with Crippen LogP contribution in [0.3, 0.4) is 0 Å². The smallest absolute Gasteiger partial charge is 0.415 e. The topological polar surface area (TPSA) is 46.5 Å². The minimum atomic E-state index is -4.82. The molecule has 0 radical (unpaired) electrons. The molecule has 0 aliphatic heterocycles. The number of rotatable bonds is 7. The summed E-state index contributed by atoms with van der Waals surface area (Å²) >= 11 is 0. The van der Waals surface area contributed by atoms with Crippen LogP contribution in [0.15, 0.2) is 59.5 Å². The van der Waals surface area contributed by atoms with Crippen molar-refractivity contribution < 1.29 is 27.2 Å². The monoisotopic (exact) mass is 372 g/mol. The van der Waals surface area contributed by atoms with Crippen LogP contribution in [0.25, 0.3) is 0 Å². The number of benzene rings is 2. The Hall–Kier alpha value is -1.86. The van der Waals surface area contributed by atoms with E-state index in [1.807, 2.05) is 0 Å². The van der Waals surface area contributed by atoms with Crippen molar-refractivity contribution in [1.82, 2.24) is 0 Å². The maximum Gasteiger partial charge on any atom is 0.415 e. The number of hydrogen-bond acceptors (Lipinski definition) is 3. The van der Waals surface area contributed by atoms with Crippen molar-refractivity contribution in [2.24, 2.45) is 0 Å². The van der Waals surface area contributed by atoms with Crippen molar-refractivity contribution in [3.63, 3.8) is 0 Å². The fraction of sp³-hybridized carbons (Fsp3) is 0.333. The Kier molecular flexibility index (Phi) is 6.61. The molecular weight excluding hydrogens is 353 g/mol. The summed E-state index contributed by atoms with van der Waals surface area (Å²) in [6.07, 6.45) is -7.27. The summed E-state index contributed by atoms with van der Waals surface area (Å²) in [6.45, 7) is 0. The van der Waals surface area contributed by atoms with Gasteiger partial charge in [-0.15, -0.1) is 0 Å². The van der Waals surface area contributed by atoms with Gasteiger partial charge in [-0.3, -0.25) is 4.21 Å². The lowest BCUT2D eigenvalue weighted by Gasteiger charge is -2.24. The third-order valence-corrected chi connectivity index (χ3v) is 5.59. The molecule has 7 heteroatoms. The van der Waals surface area contributed by atoms with Crippen LogP contribution in [-0.2, 0) is 17.2 Å². The molecule has 0 unspecified atom stereocenters. The summed E-state index contributed by atoms with van der Waals surface area (Å²) in [5.74, 6) is 0.642. The summed E-state index contributed by atoms with van der Waals surface area (Å²) in [5, 5.41) is 8.26. The minimum absolute atomic E-state index is 0.0610. The molecule has 25 heavy (non-hydrogen) atoms. The molecule has 0 fully saturated rings. The second-order valence-corrected chi connectivity index (χ2v) is 7.19. The van der Waals surface area contributed by atoms with Crippen molar-refractivity contribution in [2.75, 3.05) is 7.11 Å². The van der Waals surface area contributed by atoms with Gasteiger partial charge in [-0.1, -0.05) is 30.3 Å². The SMILES string of the molecule is COc1ccc(CC[C@H]([C@@H](O)C(F)(F)F)[S@](=O)c2ccccc2)cc1. The zero-order valence-corrected chi connectivity index (χ0v) is 14.4. The van der Waals surface area contributed by atoms with Gasteiger partial charge in [-0.05, 0) is 42.7 Å². The molecule has 0 saturated carbocycles. The van der Waals surface area contributed by atoms with E-state index in [0.29, 0.717) is 5.75 Å². The van der Waals surface area contributed by atoms with Gasteiger partial charge in [0, 0.05) is 4.90 Å². The average molecular weight is 372 g/mol. The molecule has 2 aromatic carbocycles. The lowest BCUT2D eigenvalue weighted by Crippen LogP contribution is -2.42. The Bertz CT molecular complexity index is 687. The van der Waals surface area contributed by atoms with Crippen LogP contribution in [0.4, 0.5) is 13.2 Å². The van der Waals surface area contributed by atoms with Gasteiger partial charge in [-0.2, -0.15) is 13.2 Å². The van der Waals surface area contributed by atoms with Gasteiger partial charge >= 0.3 is 6.18 Å². The molecule has 0 aromatic heterocycles. The standard InChI is InChI=1S/C18H19F3O3S/c1-24-14-10-7-13(8-11-14)9-12-16(17(22)18(19,20)21)25(23)15-5-3-2-4-6-15/h2-8,10-11,16-17,22H,9,12H2,1H3/t16-,17-,25-/m1/s1. The van der Waals surface area contributed by atoms with E-state index in [4.69, 9.17) is 4.74 Å². The third-order valence-electron chi connectivity index (χ3n) is 3.81. The van der Waals surface area contributed by atoms with Crippen molar-refractivity contribution >= 4 is 10.8 Å². The highest BCUT2D eigenvalue weighted by Crippen LogP contribution is 2.29. The number of ether oxygens (including phenoxy) is 1. The van der Waals surface area contributed by atoms with E-state index in [2.05, 4.69) is 0 Å². The molecule has 0 bridgehead atoms. The van der Waals surface area contributed by atoms with E-state index in [0.717, 1.165) is 5.56 Å². The van der Waals surface area contributed by atoms with Gasteiger partial charge in [0.25, 0.3) is 0 Å². The Labute approximate surface area is 146 Å². The Balaban J connectivity index is 2.17. The summed E-state index contributed by atoms with van der Waals surface area (Å²) in [4.78, 5) is 0.269. The van der Waals surface area contributed by atoms with Crippen LogP contribution in [0, 0.1) is 0 Å². The van der Waals surface area contributed by atoms with E-state index >= 15 is 0 Å². The number of aliphatic hydroxyl groups excluding tert-OH is 1. The fourth-order valence-corrected chi connectivity index (χ4v) is 3.92. The van der Waals surface area contributed by atoms with E-state index in [9.17, 15) is 22.5 Å². The van der Waals surface area contributed by atoms with Crippen LogP contribution < -0.4 is 4.74 Å². The Morgan fingerprint density at radius 1 is 1.08 bits per heavy atom. The molecule has 136 valence electrons. The number of aliphatic hydroxyl groups is 1. The quantitative estimate of drug-likeness (QED) is 0.806. The maximum atomic E-state index is 13.0. The molecular formula is C18H19F3O3S. The Morgan fingerprint density at radius 2 is 1.68 bits per heavy atom. The zero-order valence-electron chi connectivity index (χ0n) is 13.6. The highest BCUT2D eigenvalue weighted by Gasteiger charge is 2.45. The van der Waals surface area contributed by atoms with Gasteiger partial charge in [0.15, 0.2) is 6.10 Å². The highest BCUT2D eigenvalue weighted by molar-refractivity contribution is 7.85. The number of halogens is 3. The highest BCUT2D eigenvalue weighted by atomic mass is 32.2. The number of alkyl halides is 3. The Morgan fingerprint density at radius 3 is 2.20 bits per heavy atom. The first-order valence-electron chi connectivity index (χ1n) is 7.66. The van der Waals surface area contributed by atoms with Crippen molar-refractivity contribution in [2.45, 2.75) is 35.3 Å². The number of methoxy groups -OCH3 is 1. The molecule has 0 amide bonds. The third kappa shape index (κ3) is 5.31. The van der Waals surface area contributed by atoms with Gasteiger partial charge in [-0.25, -0.2) is 0 Å². The van der Waals surface area contributed by atoms with Crippen LogP contribution >= 0.6 is 0 Å². The van der Waals surface area contributed by atoms with E-state index < -0.39 is 28.3 Å². The molecule has 3 atom stereocenters. The first-order valence-corrected chi connectivity index (χ1v) is 8.87. The van der Waals surface area contributed by atoms with Gasteiger partial charge in [0.2, 0.25) is 0 Å². The van der Waals surface area contributed by atoms with Crippen molar-refractivity contribution in [1.29, 1.82) is 0 Å². The van der Waals surface area contributed by atoms with E-state index in [1.165, 1.54) is 19.2 Å². The summed E-state index contributed by atoms with van der Waals surface area (Å²) in [7, 11) is -0.451. The van der Waals surface area contributed by atoms with E-state index in [1.54, 1.807) is 42.5 Å². The molecule has 2 aromatic rings. The fourth-order valence-electron chi connectivity index (χ4n) is 2.42. The average Bonchev–Trinajstić information content (AvgIpc) is 2.62. The minimum Gasteiger partial charge on any atom is -0.497 e. The first-order chi connectivity index (χ1) is 11.8. The predicted octanol–water partition coefficient (Wildman–Crippen LogP) is 3.73. The molecule has 0 heterocycles. The molecule has 0 aliphatic rings. The summed E-state index contributed by atoms with van der Waals surface area (Å²) in [5.41, 5.74) is 0.783. The van der Waals surface area contributed by atoms with Crippen LogP contribution in [0.1, 0.15) is 12.0 Å². The number of aryl methyl sites for hydroxylation is 1. The normalized spacial score (nSPS) is 15.4. The van der Waals surface area contributed by atoms with Crippen LogP contribution in [0.5, 0.6) is 5.75 Å². The lowest BCUT2D eigenvalue weighted by atomic mass is 10.1. The second-order valence-electron chi connectivity index (χ2n) is 5.52. The van der Waals surface area contributed by atoms with Gasteiger partial charge < -0.3 is 9.84 Å². The molecule has 2 rings (SSSR count). The lowest BCUT2D eigenvalue weighted by molar-refractivity contribution is -0.203. The second kappa shape index (κ2) is 8.49. The molecule has 0 spiro atoms. The van der Waals surface area contributed by atoms with Crippen LogP contribution in [-0.4, -0.2) is 34.0 Å². The zero-order chi connectivity index (χ0) is 18.4. The van der Waals surface area contributed by atoms with Gasteiger partial charge in [0.05, 0.1) is 23.2 Å².